The summed E-state index contributed by atoms with van der Waals surface area (Å²) in [6.45, 7) is 1.81. The Labute approximate surface area is 204 Å². The number of amides is 1. The van der Waals surface area contributed by atoms with Crippen LogP contribution >= 0.6 is 0 Å². The summed E-state index contributed by atoms with van der Waals surface area (Å²) in [5, 5.41) is 12.5. The Bertz CT molecular complexity index is 1360. The molecule has 4 aromatic rings. The van der Waals surface area contributed by atoms with Crippen LogP contribution in [-0.4, -0.2) is 22.8 Å². The van der Waals surface area contributed by atoms with Gasteiger partial charge in [-0.3, -0.25) is 9.59 Å². The van der Waals surface area contributed by atoms with Crippen molar-refractivity contribution in [1.29, 1.82) is 0 Å². The van der Waals surface area contributed by atoms with Gasteiger partial charge in [0, 0.05) is 23.2 Å². The molecule has 1 amide bonds. The van der Waals surface area contributed by atoms with Crippen LogP contribution in [0.3, 0.4) is 0 Å². The van der Waals surface area contributed by atoms with Gasteiger partial charge < -0.3 is 10.4 Å². The standard InChI is InChI=1S/C30H25NO4/c1-20(21-15-17-23(18-16-21)28(32)22-9-3-2-4-10-22)29(33)31-27-14-8-6-12-25(27)19-24-11-5-7-13-26(24)30(34)35/h2-18,20H,19H2,1H3,(H,31,33)(H,34,35). The van der Waals surface area contributed by atoms with Crippen molar-refractivity contribution in [2.24, 2.45) is 0 Å². The average molecular weight is 464 g/mol. The Hall–Kier alpha value is -4.51. The third kappa shape index (κ3) is 5.53. The van der Waals surface area contributed by atoms with Crippen molar-refractivity contribution >= 4 is 23.3 Å². The Balaban J connectivity index is 1.49. The van der Waals surface area contributed by atoms with Gasteiger partial charge >= 0.3 is 5.97 Å². The van der Waals surface area contributed by atoms with Gasteiger partial charge in [0.15, 0.2) is 5.78 Å². The van der Waals surface area contributed by atoms with E-state index in [-0.39, 0.29) is 17.3 Å². The molecule has 0 saturated carbocycles. The summed E-state index contributed by atoms with van der Waals surface area (Å²) in [5.41, 5.74) is 4.36. The first-order valence-electron chi connectivity index (χ1n) is 11.3. The van der Waals surface area contributed by atoms with Gasteiger partial charge in [-0.15, -0.1) is 0 Å². The predicted molar refractivity (Wildman–Crippen MR) is 136 cm³/mol. The molecule has 4 aromatic carbocycles. The molecular weight excluding hydrogens is 438 g/mol. The van der Waals surface area contributed by atoms with Crippen LogP contribution in [0.4, 0.5) is 5.69 Å². The number of ketones is 1. The molecule has 0 heterocycles. The van der Waals surface area contributed by atoms with Gasteiger partial charge in [-0.25, -0.2) is 4.79 Å². The van der Waals surface area contributed by atoms with Gasteiger partial charge in [0.25, 0.3) is 0 Å². The third-order valence-corrected chi connectivity index (χ3v) is 6.01. The minimum atomic E-state index is -0.982. The summed E-state index contributed by atoms with van der Waals surface area (Å²) in [5.74, 6) is -1.68. The molecule has 0 aliphatic carbocycles. The first kappa shape index (κ1) is 23.6. The van der Waals surface area contributed by atoms with Crippen molar-refractivity contribution in [2.75, 3.05) is 5.32 Å². The number of nitrogens with one attached hydrogen (secondary N) is 1. The summed E-state index contributed by atoms with van der Waals surface area (Å²) in [6, 6.07) is 30.4. The molecule has 174 valence electrons. The highest BCUT2D eigenvalue weighted by Crippen LogP contribution is 2.24. The maximum Gasteiger partial charge on any atom is 0.335 e. The zero-order chi connectivity index (χ0) is 24.8. The first-order chi connectivity index (χ1) is 16.9. The maximum atomic E-state index is 13.1. The van der Waals surface area contributed by atoms with Gasteiger partial charge in [-0.05, 0) is 35.7 Å². The maximum absolute atomic E-state index is 13.1. The minimum absolute atomic E-state index is 0.0650. The summed E-state index contributed by atoms with van der Waals surface area (Å²) in [7, 11) is 0. The van der Waals surface area contributed by atoms with E-state index in [0.717, 1.165) is 11.1 Å². The average Bonchev–Trinajstić information content (AvgIpc) is 2.89. The Morgan fingerprint density at radius 2 is 1.29 bits per heavy atom. The largest absolute Gasteiger partial charge is 0.478 e. The number of carboxylic acid groups (broad SMARTS) is 1. The molecule has 0 saturated heterocycles. The summed E-state index contributed by atoms with van der Waals surface area (Å²) < 4.78 is 0. The number of carboxylic acids is 1. The lowest BCUT2D eigenvalue weighted by molar-refractivity contribution is -0.117. The molecule has 1 atom stereocenters. The molecule has 0 fully saturated rings. The number of carbonyl (C=O) groups excluding carboxylic acids is 2. The first-order valence-corrected chi connectivity index (χ1v) is 11.3. The third-order valence-electron chi connectivity index (χ3n) is 6.01. The lowest BCUT2D eigenvalue weighted by Crippen LogP contribution is -2.20. The van der Waals surface area contributed by atoms with Gasteiger partial charge in [0.2, 0.25) is 5.91 Å². The van der Waals surface area contributed by atoms with Crippen LogP contribution in [0.5, 0.6) is 0 Å². The fraction of sp³-hybridized carbons (Fsp3) is 0.100. The molecule has 35 heavy (non-hydrogen) atoms. The minimum Gasteiger partial charge on any atom is -0.478 e. The molecule has 0 aliphatic heterocycles. The molecule has 0 spiro atoms. The molecular formula is C30H25NO4. The molecule has 0 bridgehead atoms. The van der Waals surface area contributed by atoms with E-state index in [4.69, 9.17) is 0 Å². The van der Waals surface area contributed by atoms with Crippen LogP contribution in [-0.2, 0) is 11.2 Å². The number of carbonyl (C=O) groups is 3. The number of rotatable bonds is 8. The van der Waals surface area contributed by atoms with Crippen LogP contribution in [0.1, 0.15) is 55.8 Å². The van der Waals surface area contributed by atoms with Gasteiger partial charge in [0.05, 0.1) is 11.5 Å². The van der Waals surface area contributed by atoms with Gasteiger partial charge in [-0.2, -0.15) is 0 Å². The van der Waals surface area contributed by atoms with E-state index in [0.29, 0.717) is 28.8 Å². The van der Waals surface area contributed by atoms with Crippen molar-refractivity contribution < 1.29 is 19.5 Å². The lowest BCUT2D eigenvalue weighted by atomic mass is 9.95. The predicted octanol–water partition coefficient (Wildman–Crippen LogP) is 5.95. The van der Waals surface area contributed by atoms with Crippen molar-refractivity contribution in [3.8, 4) is 0 Å². The van der Waals surface area contributed by atoms with Crippen LogP contribution < -0.4 is 5.32 Å². The van der Waals surface area contributed by atoms with E-state index in [1.54, 1.807) is 60.7 Å². The number of benzene rings is 4. The number of anilines is 1. The number of aromatic carboxylic acids is 1. The zero-order valence-electron chi connectivity index (χ0n) is 19.3. The Morgan fingerprint density at radius 1 is 0.714 bits per heavy atom. The summed E-state index contributed by atoms with van der Waals surface area (Å²) >= 11 is 0. The van der Waals surface area contributed by atoms with Gasteiger partial charge in [0.1, 0.15) is 0 Å². The molecule has 2 N–H and O–H groups in total. The number of hydrogen-bond acceptors (Lipinski definition) is 3. The van der Waals surface area contributed by atoms with E-state index in [1.807, 2.05) is 49.4 Å². The van der Waals surface area contributed by atoms with Crippen LogP contribution in [0.2, 0.25) is 0 Å². The molecule has 1 unspecified atom stereocenters. The van der Waals surface area contributed by atoms with Crippen LogP contribution in [0, 0.1) is 0 Å². The van der Waals surface area contributed by atoms with Crippen LogP contribution in [0.25, 0.3) is 0 Å². The lowest BCUT2D eigenvalue weighted by Gasteiger charge is -2.16. The van der Waals surface area contributed by atoms with Crippen LogP contribution in [0.15, 0.2) is 103 Å². The summed E-state index contributed by atoms with van der Waals surface area (Å²) in [6.07, 6.45) is 0.379. The topological polar surface area (TPSA) is 83.5 Å². The van der Waals surface area contributed by atoms with E-state index >= 15 is 0 Å². The van der Waals surface area contributed by atoms with Crippen molar-refractivity contribution in [1.82, 2.24) is 0 Å². The highest BCUT2D eigenvalue weighted by Gasteiger charge is 2.18. The van der Waals surface area contributed by atoms with Crippen molar-refractivity contribution in [3.05, 3.63) is 137 Å². The molecule has 0 aromatic heterocycles. The second-order valence-corrected chi connectivity index (χ2v) is 8.32. The normalized spacial score (nSPS) is 11.5. The molecule has 5 nitrogen and oxygen atoms in total. The molecule has 4 rings (SSSR count). The van der Waals surface area contributed by atoms with E-state index in [9.17, 15) is 19.5 Å². The molecule has 0 radical (unpaired) electrons. The quantitative estimate of drug-likeness (QED) is 0.316. The SMILES string of the molecule is CC(C(=O)Nc1ccccc1Cc1ccccc1C(=O)O)c1ccc(C(=O)c2ccccc2)cc1. The zero-order valence-corrected chi connectivity index (χ0v) is 19.3. The fourth-order valence-corrected chi connectivity index (χ4v) is 3.96. The molecule has 0 aliphatic rings. The number of hydrogen-bond donors (Lipinski definition) is 2. The van der Waals surface area contributed by atoms with E-state index in [1.165, 1.54) is 0 Å². The second-order valence-electron chi connectivity index (χ2n) is 8.32. The summed E-state index contributed by atoms with van der Waals surface area (Å²) in [4.78, 5) is 37.3. The van der Waals surface area contributed by atoms with E-state index in [2.05, 4.69) is 5.32 Å². The van der Waals surface area contributed by atoms with E-state index < -0.39 is 11.9 Å². The Morgan fingerprint density at radius 3 is 1.97 bits per heavy atom. The highest BCUT2D eigenvalue weighted by molar-refractivity contribution is 6.09. The number of para-hydroxylation sites is 1. The smallest absolute Gasteiger partial charge is 0.335 e. The Kier molecular flexibility index (Phi) is 7.17. The second kappa shape index (κ2) is 10.6. The molecule has 5 heteroatoms. The highest BCUT2D eigenvalue weighted by atomic mass is 16.4. The van der Waals surface area contributed by atoms with Crippen molar-refractivity contribution in [2.45, 2.75) is 19.3 Å². The van der Waals surface area contributed by atoms with Crippen molar-refractivity contribution in [3.63, 3.8) is 0 Å². The monoisotopic (exact) mass is 463 g/mol. The van der Waals surface area contributed by atoms with Gasteiger partial charge in [-0.1, -0.05) is 91.0 Å². The fourth-order valence-electron chi connectivity index (χ4n) is 3.96.